The summed E-state index contributed by atoms with van der Waals surface area (Å²) in [5, 5.41) is 1.95. The van der Waals surface area contributed by atoms with Gasteiger partial charge >= 0.3 is 0 Å². The first-order valence-electron chi connectivity index (χ1n) is 7.40. The highest BCUT2D eigenvalue weighted by atomic mass is 35.5. The molecule has 1 aliphatic heterocycles. The molecule has 3 nitrogen and oxygen atoms in total. The Balaban J connectivity index is 1.68. The van der Waals surface area contributed by atoms with Crippen LogP contribution in [0.3, 0.4) is 0 Å². The van der Waals surface area contributed by atoms with Crippen LogP contribution in [0.2, 0.25) is 20.1 Å². The highest BCUT2D eigenvalue weighted by Crippen LogP contribution is 2.28. The third-order valence-corrected chi connectivity index (χ3v) is 5.28. The fourth-order valence-corrected chi connectivity index (χ4v) is 3.46. The minimum absolute atomic E-state index is 0.0783. The van der Waals surface area contributed by atoms with Gasteiger partial charge in [-0.25, -0.2) is 0 Å². The molecule has 1 aliphatic rings. The van der Waals surface area contributed by atoms with Gasteiger partial charge in [0.2, 0.25) is 0 Å². The van der Waals surface area contributed by atoms with Crippen molar-refractivity contribution in [2.24, 2.45) is 0 Å². The fraction of sp³-hybridized carbons (Fsp3) is 0.235. The Morgan fingerprint density at radius 2 is 1.50 bits per heavy atom. The summed E-state index contributed by atoms with van der Waals surface area (Å²) in [5.74, 6) is -0.0783. The fourth-order valence-electron chi connectivity index (χ4n) is 2.68. The SMILES string of the molecule is O=C(c1ccc(Cl)cc1Cl)N1CCN(c2ccc(Cl)c(Cl)c2)CC1. The first kappa shape index (κ1) is 17.7. The number of nitrogens with zero attached hydrogens (tertiary/aromatic N) is 2. The van der Waals surface area contributed by atoms with Gasteiger partial charge in [-0.15, -0.1) is 0 Å². The third-order valence-electron chi connectivity index (χ3n) is 4.00. The van der Waals surface area contributed by atoms with Crippen molar-refractivity contribution in [3.8, 4) is 0 Å². The van der Waals surface area contributed by atoms with Gasteiger partial charge in [0, 0.05) is 36.9 Å². The Morgan fingerprint density at radius 1 is 0.792 bits per heavy atom. The van der Waals surface area contributed by atoms with Crippen molar-refractivity contribution in [2.45, 2.75) is 0 Å². The molecule has 3 rings (SSSR count). The third kappa shape index (κ3) is 3.75. The zero-order valence-electron chi connectivity index (χ0n) is 12.6. The summed E-state index contributed by atoms with van der Waals surface area (Å²) in [4.78, 5) is 16.6. The topological polar surface area (TPSA) is 23.6 Å². The van der Waals surface area contributed by atoms with Crippen molar-refractivity contribution >= 4 is 58.0 Å². The molecule has 1 heterocycles. The normalized spacial score (nSPS) is 14.8. The number of piperazine rings is 1. The quantitative estimate of drug-likeness (QED) is 0.682. The van der Waals surface area contributed by atoms with E-state index >= 15 is 0 Å². The number of amides is 1. The van der Waals surface area contributed by atoms with Crippen LogP contribution in [-0.4, -0.2) is 37.0 Å². The minimum Gasteiger partial charge on any atom is -0.368 e. The van der Waals surface area contributed by atoms with E-state index in [0.717, 1.165) is 18.8 Å². The van der Waals surface area contributed by atoms with Crippen LogP contribution in [0.15, 0.2) is 36.4 Å². The summed E-state index contributed by atoms with van der Waals surface area (Å²) in [6, 6.07) is 10.5. The smallest absolute Gasteiger partial charge is 0.255 e. The molecule has 0 spiro atoms. The molecule has 0 unspecified atom stereocenters. The largest absolute Gasteiger partial charge is 0.368 e. The van der Waals surface area contributed by atoms with E-state index in [0.29, 0.717) is 38.7 Å². The van der Waals surface area contributed by atoms with Crippen LogP contribution in [0.25, 0.3) is 0 Å². The second-order valence-corrected chi connectivity index (χ2v) is 7.16. The van der Waals surface area contributed by atoms with Crippen LogP contribution in [-0.2, 0) is 0 Å². The van der Waals surface area contributed by atoms with Gasteiger partial charge in [-0.2, -0.15) is 0 Å². The first-order valence-corrected chi connectivity index (χ1v) is 8.91. The number of carbonyl (C=O) groups excluding carboxylic acids is 1. The van der Waals surface area contributed by atoms with E-state index < -0.39 is 0 Å². The molecular weight excluding hydrogens is 390 g/mol. The molecule has 0 N–H and O–H groups in total. The van der Waals surface area contributed by atoms with Crippen LogP contribution in [0.4, 0.5) is 5.69 Å². The van der Waals surface area contributed by atoms with E-state index in [-0.39, 0.29) is 5.91 Å². The Morgan fingerprint density at radius 3 is 2.12 bits per heavy atom. The molecular formula is C17H14Cl4N2O. The summed E-state index contributed by atoms with van der Waals surface area (Å²) >= 11 is 24.0. The van der Waals surface area contributed by atoms with Crippen molar-refractivity contribution in [2.75, 3.05) is 31.1 Å². The van der Waals surface area contributed by atoms with E-state index in [9.17, 15) is 4.79 Å². The number of hydrogen-bond acceptors (Lipinski definition) is 2. The maximum atomic E-state index is 12.6. The highest BCUT2D eigenvalue weighted by Gasteiger charge is 2.24. The second-order valence-electron chi connectivity index (χ2n) is 5.50. The lowest BCUT2D eigenvalue weighted by atomic mass is 10.1. The van der Waals surface area contributed by atoms with Crippen LogP contribution in [0.5, 0.6) is 0 Å². The molecule has 126 valence electrons. The van der Waals surface area contributed by atoms with Crippen molar-refractivity contribution in [3.63, 3.8) is 0 Å². The summed E-state index contributed by atoms with van der Waals surface area (Å²) < 4.78 is 0. The van der Waals surface area contributed by atoms with Crippen molar-refractivity contribution < 1.29 is 4.79 Å². The van der Waals surface area contributed by atoms with E-state index in [2.05, 4.69) is 4.90 Å². The average molecular weight is 404 g/mol. The van der Waals surface area contributed by atoms with Crippen LogP contribution < -0.4 is 4.90 Å². The predicted octanol–water partition coefficient (Wildman–Crippen LogP) is 5.26. The first-order chi connectivity index (χ1) is 11.5. The van der Waals surface area contributed by atoms with Gasteiger partial charge in [0.15, 0.2) is 0 Å². The van der Waals surface area contributed by atoms with E-state index in [1.165, 1.54) is 0 Å². The molecule has 0 aliphatic carbocycles. The summed E-state index contributed by atoms with van der Waals surface area (Å²) in [7, 11) is 0. The van der Waals surface area contributed by atoms with E-state index in [1.807, 2.05) is 12.1 Å². The van der Waals surface area contributed by atoms with Gasteiger partial charge in [0.05, 0.1) is 20.6 Å². The lowest BCUT2D eigenvalue weighted by Crippen LogP contribution is -2.48. The van der Waals surface area contributed by atoms with Gasteiger partial charge < -0.3 is 9.80 Å². The number of halogens is 4. The predicted molar refractivity (Wildman–Crippen MR) is 101 cm³/mol. The van der Waals surface area contributed by atoms with Gasteiger partial charge in [-0.05, 0) is 36.4 Å². The molecule has 7 heteroatoms. The van der Waals surface area contributed by atoms with Crippen molar-refractivity contribution in [3.05, 3.63) is 62.1 Å². The van der Waals surface area contributed by atoms with Gasteiger partial charge in [-0.3, -0.25) is 4.79 Å². The molecule has 2 aromatic carbocycles. The molecule has 0 aromatic heterocycles. The molecule has 0 bridgehead atoms. The number of anilines is 1. The molecule has 1 saturated heterocycles. The number of carbonyl (C=O) groups is 1. The Hall–Kier alpha value is -1.13. The maximum Gasteiger partial charge on any atom is 0.255 e. The number of hydrogen-bond donors (Lipinski definition) is 0. The van der Waals surface area contributed by atoms with Crippen molar-refractivity contribution in [1.82, 2.24) is 4.90 Å². The molecule has 24 heavy (non-hydrogen) atoms. The standard InChI is InChI=1S/C17H14Cl4N2O/c18-11-1-3-13(15(20)9-11)17(24)23-7-5-22(6-8-23)12-2-4-14(19)16(21)10-12/h1-4,9-10H,5-8H2. The molecule has 0 saturated carbocycles. The maximum absolute atomic E-state index is 12.6. The Kier molecular flexibility index (Phi) is 5.46. The zero-order chi connectivity index (χ0) is 17.3. The Bertz CT molecular complexity index is 773. The van der Waals surface area contributed by atoms with Gasteiger partial charge in [-0.1, -0.05) is 46.4 Å². The van der Waals surface area contributed by atoms with E-state index in [4.69, 9.17) is 46.4 Å². The average Bonchev–Trinajstić information content (AvgIpc) is 2.57. The van der Waals surface area contributed by atoms with Crippen LogP contribution >= 0.6 is 46.4 Å². The molecule has 1 fully saturated rings. The Labute approximate surface area is 160 Å². The van der Waals surface area contributed by atoms with Gasteiger partial charge in [0.25, 0.3) is 5.91 Å². The minimum atomic E-state index is -0.0783. The molecule has 1 amide bonds. The number of benzene rings is 2. The molecule has 0 atom stereocenters. The summed E-state index contributed by atoms with van der Waals surface area (Å²) in [5.41, 5.74) is 1.48. The number of rotatable bonds is 2. The molecule has 2 aromatic rings. The molecule has 0 radical (unpaired) electrons. The lowest BCUT2D eigenvalue weighted by molar-refractivity contribution is 0.0747. The van der Waals surface area contributed by atoms with E-state index in [1.54, 1.807) is 29.2 Å². The van der Waals surface area contributed by atoms with Crippen LogP contribution in [0.1, 0.15) is 10.4 Å². The monoisotopic (exact) mass is 402 g/mol. The zero-order valence-corrected chi connectivity index (χ0v) is 15.6. The summed E-state index contributed by atoms with van der Waals surface area (Å²) in [6.45, 7) is 2.65. The van der Waals surface area contributed by atoms with Crippen LogP contribution in [0, 0.1) is 0 Å². The lowest BCUT2D eigenvalue weighted by Gasteiger charge is -2.36. The second kappa shape index (κ2) is 7.40. The summed E-state index contributed by atoms with van der Waals surface area (Å²) in [6.07, 6.45) is 0. The highest BCUT2D eigenvalue weighted by molar-refractivity contribution is 6.42. The van der Waals surface area contributed by atoms with Crippen molar-refractivity contribution in [1.29, 1.82) is 0 Å². The van der Waals surface area contributed by atoms with Gasteiger partial charge in [0.1, 0.15) is 0 Å².